The molecule has 13 rings (SSSR count). The van der Waals surface area contributed by atoms with Crippen LogP contribution in [0.5, 0.6) is 11.5 Å². The quantitative estimate of drug-likeness (QED) is 0.179. The van der Waals surface area contributed by atoms with Gasteiger partial charge < -0.3 is 4.74 Å². The Bertz CT molecular complexity index is 3260. The van der Waals surface area contributed by atoms with Gasteiger partial charge in [0.1, 0.15) is 17.3 Å². The second-order valence-corrected chi connectivity index (χ2v) is 16.2. The van der Waals surface area contributed by atoms with Gasteiger partial charge in [0, 0.05) is 22.4 Å². The summed E-state index contributed by atoms with van der Waals surface area (Å²) in [5.41, 5.74) is 18.2. The highest BCUT2D eigenvalue weighted by Gasteiger charge is 2.58. The number of imidazole rings is 1. The van der Waals surface area contributed by atoms with Gasteiger partial charge in [-0.15, -0.1) is 0 Å². The van der Waals surface area contributed by atoms with E-state index in [-0.39, 0.29) is 0 Å². The SMILES string of the molecule is c1ccc(-n2c(-c3ccc(-c4ccc5c(c4)-c4ccccc4C54c5ccccc5C5(c6ccccc6Oc6ccccc65)c5ccccc54)cc3)nc3ccccc32)cc1. The minimum Gasteiger partial charge on any atom is -0.457 e. The summed E-state index contributed by atoms with van der Waals surface area (Å²) in [6.45, 7) is 0. The second kappa shape index (κ2) is 12.4. The minimum atomic E-state index is -0.579. The number of para-hydroxylation sites is 5. The fourth-order valence-corrected chi connectivity index (χ4v) is 11.1. The molecule has 0 saturated heterocycles. The van der Waals surface area contributed by atoms with Gasteiger partial charge in [0.05, 0.1) is 21.9 Å². The van der Waals surface area contributed by atoms with Crippen LogP contribution in [0.15, 0.2) is 218 Å². The highest BCUT2D eigenvalue weighted by atomic mass is 16.5. The lowest BCUT2D eigenvalue weighted by atomic mass is 9.51. The number of rotatable bonds is 3. The number of nitrogens with zero attached hydrogens (tertiary/aromatic N) is 2. The molecule has 0 amide bonds. The van der Waals surface area contributed by atoms with Gasteiger partial charge >= 0.3 is 0 Å². The fourth-order valence-electron chi connectivity index (χ4n) is 11.1. The molecule has 2 aliphatic carbocycles. The summed E-state index contributed by atoms with van der Waals surface area (Å²) in [6, 6.07) is 79.7. The second-order valence-electron chi connectivity index (χ2n) is 16.2. The van der Waals surface area contributed by atoms with Gasteiger partial charge in [-0.2, -0.15) is 0 Å². The van der Waals surface area contributed by atoms with Crippen molar-refractivity contribution in [1.82, 2.24) is 9.55 Å². The number of ether oxygens (including phenoxy) is 1. The van der Waals surface area contributed by atoms with E-state index in [0.717, 1.165) is 39.6 Å². The van der Waals surface area contributed by atoms with E-state index in [1.165, 1.54) is 66.8 Å². The predicted octanol–water partition coefficient (Wildman–Crippen LogP) is 13.5. The van der Waals surface area contributed by atoms with Gasteiger partial charge in [0.25, 0.3) is 0 Å². The first-order valence-electron chi connectivity index (χ1n) is 20.7. The van der Waals surface area contributed by atoms with Crippen LogP contribution in [-0.4, -0.2) is 9.55 Å². The van der Waals surface area contributed by atoms with E-state index >= 15 is 0 Å². The van der Waals surface area contributed by atoms with Crippen molar-refractivity contribution < 1.29 is 4.74 Å². The first-order valence-corrected chi connectivity index (χ1v) is 20.7. The van der Waals surface area contributed by atoms with E-state index in [1.54, 1.807) is 0 Å². The van der Waals surface area contributed by atoms with Crippen molar-refractivity contribution in [1.29, 1.82) is 0 Å². The highest BCUT2D eigenvalue weighted by Crippen LogP contribution is 2.67. The molecule has 0 N–H and O–H groups in total. The Hall–Kier alpha value is -7.75. The average Bonchev–Trinajstić information content (AvgIpc) is 3.85. The van der Waals surface area contributed by atoms with Crippen LogP contribution in [-0.2, 0) is 10.8 Å². The molecule has 3 nitrogen and oxygen atoms in total. The van der Waals surface area contributed by atoms with E-state index in [2.05, 4.69) is 223 Å². The highest BCUT2D eigenvalue weighted by molar-refractivity contribution is 5.92. The summed E-state index contributed by atoms with van der Waals surface area (Å²) in [7, 11) is 0. The Morgan fingerprint density at radius 1 is 0.350 bits per heavy atom. The third-order valence-corrected chi connectivity index (χ3v) is 13.4. The van der Waals surface area contributed by atoms with Gasteiger partial charge in [-0.1, -0.05) is 176 Å². The van der Waals surface area contributed by atoms with Crippen molar-refractivity contribution in [3.63, 3.8) is 0 Å². The Morgan fingerprint density at radius 3 is 1.47 bits per heavy atom. The topological polar surface area (TPSA) is 27.1 Å². The molecule has 0 atom stereocenters. The van der Waals surface area contributed by atoms with Crippen LogP contribution in [0, 0.1) is 0 Å². The summed E-state index contributed by atoms with van der Waals surface area (Å²) in [6.07, 6.45) is 0. The lowest BCUT2D eigenvalue weighted by molar-refractivity contribution is 0.429. The van der Waals surface area contributed by atoms with Crippen molar-refractivity contribution in [2.45, 2.75) is 10.8 Å². The summed E-state index contributed by atoms with van der Waals surface area (Å²) < 4.78 is 8.95. The Kier molecular flexibility index (Phi) is 6.86. The number of benzene rings is 9. The van der Waals surface area contributed by atoms with Crippen molar-refractivity contribution >= 4 is 11.0 Å². The molecule has 0 saturated carbocycles. The van der Waals surface area contributed by atoms with Crippen LogP contribution in [0.1, 0.15) is 44.5 Å². The molecule has 1 aliphatic heterocycles. The molecule has 0 bridgehead atoms. The third kappa shape index (κ3) is 4.25. The molecular weight excluding hydrogens is 729 g/mol. The zero-order chi connectivity index (χ0) is 39.4. The normalized spacial score (nSPS) is 14.4. The van der Waals surface area contributed by atoms with E-state index in [0.29, 0.717) is 0 Å². The molecule has 3 heteroatoms. The number of hydrogen-bond acceptors (Lipinski definition) is 2. The van der Waals surface area contributed by atoms with Crippen LogP contribution in [0.3, 0.4) is 0 Å². The van der Waals surface area contributed by atoms with Crippen molar-refractivity contribution in [2.75, 3.05) is 0 Å². The predicted molar refractivity (Wildman–Crippen MR) is 241 cm³/mol. The van der Waals surface area contributed by atoms with Crippen molar-refractivity contribution in [3.8, 4) is 50.8 Å². The van der Waals surface area contributed by atoms with Crippen LogP contribution in [0.25, 0.3) is 50.4 Å². The zero-order valence-corrected chi connectivity index (χ0v) is 32.6. The minimum absolute atomic E-state index is 0.536. The Balaban J connectivity index is 1.01. The molecule has 280 valence electrons. The molecule has 2 heterocycles. The maximum atomic E-state index is 6.69. The molecule has 0 fully saturated rings. The smallest absolute Gasteiger partial charge is 0.145 e. The molecule has 0 radical (unpaired) electrons. The summed E-state index contributed by atoms with van der Waals surface area (Å²) in [4.78, 5) is 5.13. The van der Waals surface area contributed by atoms with E-state index in [4.69, 9.17) is 9.72 Å². The van der Waals surface area contributed by atoms with Crippen LogP contribution in [0.2, 0.25) is 0 Å². The Morgan fingerprint density at radius 2 is 0.817 bits per heavy atom. The third-order valence-electron chi connectivity index (χ3n) is 13.4. The van der Waals surface area contributed by atoms with Crippen molar-refractivity contribution in [2.24, 2.45) is 0 Å². The summed E-state index contributed by atoms with van der Waals surface area (Å²) in [5, 5.41) is 0. The van der Waals surface area contributed by atoms with E-state index in [9.17, 15) is 0 Å². The van der Waals surface area contributed by atoms with Gasteiger partial charge in [0.15, 0.2) is 0 Å². The lowest BCUT2D eigenvalue weighted by Crippen LogP contribution is -2.45. The Labute approximate surface area is 348 Å². The number of fused-ring (bicyclic) bond motifs is 16. The van der Waals surface area contributed by atoms with Crippen LogP contribution >= 0.6 is 0 Å². The molecule has 10 aromatic rings. The number of aromatic nitrogens is 2. The maximum absolute atomic E-state index is 6.69. The standard InChI is InChI=1S/C57H36N2O/c1-2-16-40(17-3-1)59-52-27-13-12-26-51(52)58-55(59)38-32-30-37(31-33-38)39-34-35-44-42(36-39)41-18-4-5-19-43(41)56(44)45-20-6-8-22-47(45)57(48-23-9-7-21-46(48)56)49-24-10-14-28-53(49)60-54-29-15-11-25-50(54)57/h1-36H. The number of hydrogen-bond donors (Lipinski definition) is 0. The largest absolute Gasteiger partial charge is 0.457 e. The molecule has 9 aromatic carbocycles. The average molecular weight is 765 g/mol. The summed E-state index contributed by atoms with van der Waals surface area (Å²) >= 11 is 0. The van der Waals surface area contributed by atoms with E-state index < -0.39 is 10.8 Å². The molecule has 0 unspecified atom stereocenters. The van der Waals surface area contributed by atoms with Crippen LogP contribution < -0.4 is 4.74 Å². The molecule has 60 heavy (non-hydrogen) atoms. The molecular formula is C57H36N2O. The summed E-state index contributed by atoms with van der Waals surface area (Å²) in [5.74, 6) is 2.73. The van der Waals surface area contributed by atoms with Crippen LogP contribution in [0.4, 0.5) is 0 Å². The van der Waals surface area contributed by atoms with Gasteiger partial charge in [0.2, 0.25) is 0 Å². The van der Waals surface area contributed by atoms with Gasteiger partial charge in [-0.25, -0.2) is 4.98 Å². The van der Waals surface area contributed by atoms with Gasteiger partial charge in [-0.05, 0) is 98.1 Å². The monoisotopic (exact) mass is 764 g/mol. The molecule has 1 aromatic heterocycles. The molecule has 3 aliphatic rings. The van der Waals surface area contributed by atoms with E-state index in [1.807, 2.05) is 0 Å². The lowest BCUT2D eigenvalue weighted by Gasteiger charge is -2.51. The first-order chi connectivity index (χ1) is 29.8. The molecule has 2 spiro atoms. The maximum Gasteiger partial charge on any atom is 0.145 e. The fraction of sp³-hybridized carbons (Fsp3) is 0.0351. The zero-order valence-electron chi connectivity index (χ0n) is 32.6. The van der Waals surface area contributed by atoms with Crippen molar-refractivity contribution in [3.05, 3.63) is 263 Å². The van der Waals surface area contributed by atoms with Gasteiger partial charge in [-0.3, -0.25) is 4.57 Å². The first kappa shape index (κ1) is 33.2.